The molecule has 19 heavy (non-hydrogen) atoms. The number of benzene rings is 1. The highest BCUT2D eigenvalue weighted by Crippen LogP contribution is 2.37. The molecule has 1 aliphatic carbocycles. The minimum Gasteiger partial charge on any atom is -0.481 e. The molecule has 2 aromatic rings. The molecule has 1 aromatic carbocycles. The van der Waals surface area contributed by atoms with Crippen molar-refractivity contribution in [2.45, 2.75) is 31.6 Å². The predicted octanol–water partition coefficient (Wildman–Crippen LogP) is 3.57. The predicted molar refractivity (Wildman–Crippen MR) is 73.4 cm³/mol. The van der Waals surface area contributed by atoms with Gasteiger partial charge in [-0.25, -0.2) is 4.98 Å². The zero-order valence-corrected chi connectivity index (χ0v) is 11.2. The van der Waals surface area contributed by atoms with Gasteiger partial charge in [-0.05, 0) is 31.0 Å². The standard InChI is InChI=1S/C14H15ClN2O2/c15-8-5-6-11-12(7-8)17-13(16-11)9-3-1-2-4-10(9)14(18)19/h5-7,9-10H,1-4H2,(H,16,17)(H,18,19)/t9-,10+/m0/s1. The number of nitrogens with zero attached hydrogens (tertiary/aromatic N) is 1. The smallest absolute Gasteiger partial charge is 0.307 e. The van der Waals surface area contributed by atoms with Gasteiger partial charge >= 0.3 is 5.97 Å². The summed E-state index contributed by atoms with van der Waals surface area (Å²) in [5.41, 5.74) is 1.71. The molecule has 2 atom stereocenters. The molecule has 1 aliphatic rings. The fraction of sp³-hybridized carbons (Fsp3) is 0.429. The summed E-state index contributed by atoms with van der Waals surface area (Å²) >= 11 is 5.95. The summed E-state index contributed by atoms with van der Waals surface area (Å²) in [6.07, 6.45) is 3.66. The second-order valence-electron chi connectivity index (χ2n) is 5.12. The van der Waals surface area contributed by atoms with Crippen molar-refractivity contribution in [3.8, 4) is 0 Å². The molecule has 100 valence electrons. The number of carboxylic acids is 1. The number of carboxylic acid groups (broad SMARTS) is 1. The van der Waals surface area contributed by atoms with E-state index in [2.05, 4.69) is 9.97 Å². The quantitative estimate of drug-likeness (QED) is 0.882. The van der Waals surface area contributed by atoms with Gasteiger partial charge < -0.3 is 10.1 Å². The topological polar surface area (TPSA) is 66.0 Å². The maximum atomic E-state index is 11.3. The Kier molecular flexibility index (Phi) is 3.19. The van der Waals surface area contributed by atoms with Crippen LogP contribution in [0.25, 0.3) is 11.0 Å². The molecule has 0 spiro atoms. The van der Waals surface area contributed by atoms with Gasteiger partial charge in [0.1, 0.15) is 5.82 Å². The Morgan fingerprint density at radius 1 is 1.37 bits per heavy atom. The fourth-order valence-electron chi connectivity index (χ4n) is 2.93. The van der Waals surface area contributed by atoms with Crippen molar-refractivity contribution in [3.05, 3.63) is 29.0 Å². The van der Waals surface area contributed by atoms with Crippen LogP contribution in [0.1, 0.15) is 37.4 Å². The van der Waals surface area contributed by atoms with Crippen LogP contribution in [0.5, 0.6) is 0 Å². The van der Waals surface area contributed by atoms with E-state index in [9.17, 15) is 9.90 Å². The van der Waals surface area contributed by atoms with E-state index in [1.165, 1.54) is 0 Å². The van der Waals surface area contributed by atoms with Crippen LogP contribution in [0.4, 0.5) is 0 Å². The number of hydrogen-bond donors (Lipinski definition) is 2. The van der Waals surface area contributed by atoms with Crippen LogP contribution in [0.2, 0.25) is 5.02 Å². The van der Waals surface area contributed by atoms with Gasteiger partial charge in [-0.2, -0.15) is 0 Å². The van der Waals surface area contributed by atoms with Crippen LogP contribution in [-0.2, 0) is 4.79 Å². The van der Waals surface area contributed by atoms with E-state index in [-0.39, 0.29) is 11.8 Å². The maximum absolute atomic E-state index is 11.3. The zero-order valence-electron chi connectivity index (χ0n) is 10.4. The third-order valence-corrected chi connectivity index (χ3v) is 4.13. The molecule has 5 heteroatoms. The Balaban J connectivity index is 1.99. The lowest BCUT2D eigenvalue weighted by atomic mass is 9.79. The van der Waals surface area contributed by atoms with Crippen LogP contribution in [0.15, 0.2) is 18.2 Å². The first-order valence-corrected chi connectivity index (χ1v) is 6.91. The van der Waals surface area contributed by atoms with E-state index in [0.29, 0.717) is 5.02 Å². The van der Waals surface area contributed by atoms with Gasteiger partial charge in [-0.3, -0.25) is 4.79 Å². The molecule has 1 fully saturated rings. The first-order chi connectivity index (χ1) is 9.15. The monoisotopic (exact) mass is 278 g/mol. The number of aliphatic carboxylic acids is 1. The average Bonchev–Trinajstić information content (AvgIpc) is 2.81. The number of H-pyrrole nitrogens is 1. The minimum atomic E-state index is -0.719. The number of carbonyl (C=O) groups is 1. The first kappa shape index (κ1) is 12.5. The van der Waals surface area contributed by atoms with E-state index in [1.54, 1.807) is 6.07 Å². The Labute approximate surface area is 115 Å². The van der Waals surface area contributed by atoms with Gasteiger partial charge in [0.05, 0.1) is 17.0 Å². The molecule has 1 heterocycles. The summed E-state index contributed by atoms with van der Waals surface area (Å²) in [4.78, 5) is 19.1. The van der Waals surface area contributed by atoms with Crippen molar-refractivity contribution in [1.82, 2.24) is 9.97 Å². The first-order valence-electron chi connectivity index (χ1n) is 6.53. The molecule has 0 unspecified atom stereocenters. The van der Waals surface area contributed by atoms with E-state index >= 15 is 0 Å². The molecule has 0 aliphatic heterocycles. The van der Waals surface area contributed by atoms with Gasteiger partial charge in [0.25, 0.3) is 0 Å². The third kappa shape index (κ3) is 2.32. The second-order valence-corrected chi connectivity index (χ2v) is 5.56. The second kappa shape index (κ2) is 4.85. The molecule has 0 bridgehead atoms. The minimum absolute atomic E-state index is 0.0163. The number of nitrogens with one attached hydrogen (secondary N) is 1. The highest BCUT2D eigenvalue weighted by molar-refractivity contribution is 6.31. The van der Waals surface area contributed by atoms with Crippen LogP contribution in [0, 0.1) is 5.92 Å². The average molecular weight is 279 g/mol. The van der Waals surface area contributed by atoms with Crippen LogP contribution in [-0.4, -0.2) is 21.0 Å². The number of halogens is 1. The Morgan fingerprint density at radius 3 is 2.95 bits per heavy atom. The van der Waals surface area contributed by atoms with Gasteiger partial charge in [-0.1, -0.05) is 24.4 Å². The lowest BCUT2D eigenvalue weighted by molar-refractivity contribution is -0.143. The largest absolute Gasteiger partial charge is 0.481 e. The van der Waals surface area contributed by atoms with Crippen molar-refractivity contribution >= 4 is 28.6 Å². The number of aromatic amines is 1. The maximum Gasteiger partial charge on any atom is 0.307 e. The van der Waals surface area contributed by atoms with Gasteiger partial charge in [-0.15, -0.1) is 0 Å². The molecule has 2 N–H and O–H groups in total. The molecule has 1 saturated carbocycles. The third-order valence-electron chi connectivity index (χ3n) is 3.90. The molecule has 0 amide bonds. The molecule has 1 aromatic heterocycles. The highest BCUT2D eigenvalue weighted by atomic mass is 35.5. The van der Waals surface area contributed by atoms with E-state index in [4.69, 9.17) is 11.6 Å². The molecule has 0 radical (unpaired) electrons. The normalized spacial score (nSPS) is 23.6. The number of fused-ring (bicyclic) bond motifs is 1. The Bertz CT molecular complexity index is 623. The molecular weight excluding hydrogens is 264 g/mol. The molecule has 4 nitrogen and oxygen atoms in total. The van der Waals surface area contributed by atoms with E-state index < -0.39 is 5.97 Å². The van der Waals surface area contributed by atoms with Gasteiger partial charge in [0.2, 0.25) is 0 Å². The summed E-state index contributed by atoms with van der Waals surface area (Å²) in [6, 6.07) is 5.48. The summed E-state index contributed by atoms with van der Waals surface area (Å²) in [7, 11) is 0. The lowest BCUT2D eigenvalue weighted by Gasteiger charge is -2.26. The van der Waals surface area contributed by atoms with Crippen molar-refractivity contribution in [1.29, 1.82) is 0 Å². The summed E-state index contributed by atoms with van der Waals surface area (Å²) in [5, 5.41) is 9.98. The van der Waals surface area contributed by atoms with Gasteiger partial charge in [0.15, 0.2) is 0 Å². The van der Waals surface area contributed by atoms with Crippen molar-refractivity contribution in [3.63, 3.8) is 0 Å². The molecular formula is C14H15ClN2O2. The molecule has 0 saturated heterocycles. The summed E-state index contributed by atoms with van der Waals surface area (Å²) < 4.78 is 0. The number of hydrogen-bond acceptors (Lipinski definition) is 2. The highest BCUT2D eigenvalue weighted by Gasteiger charge is 2.33. The van der Waals surface area contributed by atoms with Crippen molar-refractivity contribution in [2.75, 3.05) is 0 Å². The van der Waals surface area contributed by atoms with Crippen molar-refractivity contribution < 1.29 is 9.90 Å². The van der Waals surface area contributed by atoms with Gasteiger partial charge in [0, 0.05) is 10.9 Å². The number of rotatable bonds is 2. The Hall–Kier alpha value is -1.55. The summed E-state index contributed by atoms with van der Waals surface area (Å²) in [6.45, 7) is 0. The lowest BCUT2D eigenvalue weighted by Crippen LogP contribution is -2.26. The van der Waals surface area contributed by atoms with E-state index in [1.807, 2.05) is 12.1 Å². The molecule has 3 rings (SSSR count). The Morgan fingerprint density at radius 2 is 2.16 bits per heavy atom. The number of aromatic nitrogens is 2. The van der Waals surface area contributed by atoms with E-state index in [0.717, 1.165) is 42.5 Å². The zero-order chi connectivity index (χ0) is 13.4. The van der Waals surface area contributed by atoms with Crippen LogP contribution in [0.3, 0.4) is 0 Å². The summed E-state index contributed by atoms with van der Waals surface area (Å²) in [5.74, 6) is -0.283. The van der Waals surface area contributed by atoms with Crippen molar-refractivity contribution in [2.24, 2.45) is 5.92 Å². The number of imidazole rings is 1. The van der Waals surface area contributed by atoms with Crippen LogP contribution < -0.4 is 0 Å². The van der Waals surface area contributed by atoms with Crippen LogP contribution >= 0.6 is 11.6 Å². The SMILES string of the molecule is O=C(O)[C@@H]1CCCC[C@@H]1c1nc2ccc(Cl)cc2[nH]1. The fourth-order valence-corrected chi connectivity index (χ4v) is 3.10.